The third-order valence-corrected chi connectivity index (χ3v) is 5.23. The topological polar surface area (TPSA) is 68.1 Å². The Morgan fingerprint density at radius 1 is 1.38 bits per heavy atom. The lowest BCUT2D eigenvalue weighted by Gasteiger charge is -2.15. The minimum absolute atomic E-state index is 0.225. The molecular weight excluding hydrogens is 308 g/mol. The first-order chi connectivity index (χ1) is 10.1. The van der Waals surface area contributed by atoms with Crippen LogP contribution in [-0.4, -0.2) is 34.4 Å². The standard InChI is InChI=1S/C14H12N2O3S2/c1-7(13(18)19-2)20-14-15-11(17)10-8-5-3-4-6-9(8)21-12(10)16-14/h3-7,10H,1-2H3. The number of rotatable bonds is 2. The van der Waals surface area contributed by atoms with E-state index in [0.717, 1.165) is 27.3 Å². The van der Waals surface area contributed by atoms with E-state index in [9.17, 15) is 9.59 Å². The van der Waals surface area contributed by atoms with Crippen molar-refractivity contribution < 1.29 is 14.3 Å². The van der Waals surface area contributed by atoms with E-state index in [4.69, 9.17) is 0 Å². The van der Waals surface area contributed by atoms with E-state index in [0.29, 0.717) is 5.17 Å². The van der Waals surface area contributed by atoms with Crippen LogP contribution >= 0.6 is 23.5 Å². The highest BCUT2D eigenvalue weighted by atomic mass is 32.2. The predicted molar refractivity (Wildman–Crippen MR) is 84.0 cm³/mol. The molecule has 3 rings (SSSR count). The lowest BCUT2D eigenvalue weighted by atomic mass is 9.99. The van der Waals surface area contributed by atoms with Crippen LogP contribution in [0.1, 0.15) is 18.4 Å². The number of aliphatic imine (C=N–C) groups is 2. The van der Waals surface area contributed by atoms with Crippen molar-refractivity contribution in [3.63, 3.8) is 0 Å². The van der Waals surface area contributed by atoms with Crippen molar-refractivity contribution in [3.05, 3.63) is 29.8 Å². The zero-order valence-electron chi connectivity index (χ0n) is 11.4. The summed E-state index contributed by atoms with van der Waals surface area (Å²) in [6.45, 7) is 1.70. The Morgan fingerprint density at radius 3 is 2.90 bits per heavy atom. The molecule has 0 spiro atoms. The summed E-state index contributed by atoms with van der Waals surface area (Å²) in [5.74, 6) is -0.971. The fourth-order valence-corrected chi connectivity index (χ4v) is 4.16. The number of benzene rings is 1. The van der Waals surface area contributed by atoms with Crippen molar-refractivity contribution in [1.29, 1.82) is 0 Å². The van der Waals surface area contributed by atoms with Crippen LogP contribution in [0.25, 0.3) is 0 Å². The second-order valence-electron chi connectivity index (χ2n) is 4.54. The summed E-state index contributed by atoms with van der Waals surface area (Å²) in [5.41, 5.74) is 0.958. The Morgan fingerprint density at radius 2 is 2.14 bits per heavy atom. The van der Waals surface area contributed by atoms with E-state index in [1.807, 2.05) is 24.3 Å². The van der Waals surface area contributed by atoms with E-state index in [1.165, 1.54) is 18.9 Å². The van der Waals surface area contributed by atoms with Crippen LogP contribution in [0, 0.1) is 0 Å². The summed E-state index contributed by atoms with van der Waals surface area (Å²) >= 11 is 2.63. The smallest absolute Gasteiger partial charge is 0.318 e. The van der Waals surface area contributed by atoms with Gasteiger partial charge in [0.15, 0.2) is 5.17 Å². The van der Waals surface area contributed by atoms with E-state index in [2.05, 4.69) is 14.7 Å². The van der Waals surface area contributed by atoms with Crippen molar-refractivity contribution in [2.75, 3.05) is 7.11 Å². The zero-order chi connectivity index (χ0) is 15.0. The van der Waals surface area contributed by atoms with Crippen LogP contribution < -0.4 is 0 Å². The van der Waals surface area contributed by atoms with Crippen LogP contribution in [0.5, 0.6) is 0 Å². The number of hydrogen-bond acceptors (Lipinski definition) is 6. The number of thioether (sulfide) groups is 2. The molecule has 0 bridgehead atoms. The third-order valence-electron chi connectivity index (χ3n) is 3.17. The van der Waals surface area contributed by atoms with Crippen LogP contribution in [-0.2, 0) is 14.3 Å². The summed E-state index contributed by atoms with van der Waals surface area (Å²) in [6, 6.07) is 7.74. The maximum absolute atomic E-state index is 12.3. The number of methoxy groups -OCH3 is 1. The maximum atomic E-state index is 12.3. The highest BCUT2D eigenvalue weighted by molar-refractivity contribution is 8.16. The van der Waals surface area contributed by atoms with Crippen molar-refractivity contribution in [1.82, 2.24) is 0 Å². The quantitative estimate of drug-likeness (QED) is 0.783. The van der Waals surface area contributed by atoms with Gasteiger partial charge in [0, 0.05) is 4.90 Å². The number of carbonyl (C=O) groups is 2. The highest BCUT2D eigenvalue weighted by Gasteiger charge is 2.38. The van der Waals surface area contributed by atoms with Crippen LogP contribution in [0.4, 0.5) is 0 Å². The molecule has 108 valence electrons. The van der Waals surface area contributed by atoms with Gasteiger partial charge in [-0.25, -0.2) is 4.99 Å². The fourth-order valence-electron chi connectivity index (χ4n) is 2.15. The van der Waals surface area contributed by atoms with Crippen molar-refractivity contribution in [3.8, 4) is 0 Å². The Kier molecular flexibility index (Phi) is 3.86. The van der Waals surface area contributed by atoms with Gasteiger partial charge in [0.1, 0.15) is 11.2 Å². The molecule has 2 unspecified atom stereocenters. The first kappa shape index (κ1) is 14.3. The first-order valence-corrected chi connectivity index (χ1v) is 8.02. The molecule has 0 aliphatic carbocycles. The van der Waals surface area contributed by atoms with Crippen molar-refractivity contribution in [2.45, 2.75) is 23.0 Å². The van der Waals surface area contributed by atoms with E-state index in [1.54, 1.807) is 6.92 Å². The molecule has 7 heteroatoms. The summed E-state index contributed by atoms with van der Waals surface area (Å²) in [4.78, 5) is 33.2. The minimum Gasteiger partial charge on any atom is -0.468 e. The predicted octanol–water partition coefficient (Wildman–Crippen LogP) is 2.47. The fraction of sp³-hybridized carbons (Fsp3) is 0.286. The average Bonchev–Trinajstić information content (AvgIpc) is 2.84. The minimum atomic E-state index is -0.448. The second-order valence-corrected chi connectivity index (χ2v) is 6.91. The molecule has 2 aliphatic heterocycles. The van der Waals surface area contributed by atoms with Crippen LogP contribution in [0.2, 0.25) is 0 Å². The number of ether oxygens (including phenoxy) is 1. The lowest BCUT2D eigenvalue weighted by Crippen LogP contribution is -2.23. The Balaban J connectivity index is 1.84. The van der Waals surface area contributed by atoms with Gasteiger partial charge in [0.2, 0.25) is 0 Å². The molecule has 2 heterocycles. The molecular formula is C14H12N2O3S2. The number of esters is 1. The molecule has 0 radical (unpaired) electrons. The van der Waals surface area contributed by atoms with Gasteiger partial charge in [-0.05, 0) is 18.6 Å². The van der Waals surface area contributed by atoms with E-state index < -0.39 is 5.25 Å². The first-order valence-electron chi connectivity index (χ1n) is 6.32. The Bertz CT molecular complexity index is 685. The van der Waals surface area contributed by atoms with Gasteiger partial charge in [-0.2, -0.15) is 4.99 Å². The second kappa shape index (κ2) is 5.65. The molecule has 2 atom stereocenters. The van der Waals surface area contributed by atoms with Gasteiger partial charge in [-0.1, -0.05) is 41.7 Å². The normalized spacial score (nSPS) is 21.0. The van der Waals surface area contributed by atoms with E-state index in [-0.39, 0.29) is 17.8 Å². The van der Waals surface area contributed by atoms with Gasteiger partial charge in [-0.3, -0.25) is 9.59 Å². The van der Waals surface area contributed by atoms with Gasteiger partial charge < -0.3 is 4.74 Å². The number of amidine groups is 1. The highest BCUT2D eigenvalue weighted by Crippen LogP contribution is 2.44. The summed E-state index contributed by atoms with van der Waals surface area (Å²) in [6.07, 6.45) is 0. The number of hydrogen-bond donors (Lipinski definition) is 0. The van der Waals surface area contributed by atoms with Crippen LogP contribution in [0.15, 0.2) is 39.1 Å². The van der Waals surface area contributed by atoms with Gasteiger partial charge in [0.05, 0.1) is 12.2 Å². The largest absolute Gasteiger partial charge is 0.468 e. The number of fused-ring (bicyclic) bond motifs is 3. The molecule has 21 heavy (non-hydrogen) atoms. The monoisotopic (exact) mass is 320 g/mol. The third kappa shape index (κ3) is 2.63. The van der Waals surface area contributed by atoms with Crippen molar-refractivity contribution in [2.24, 2.45) is 9.98 Å². The SMILES string of the molecule is COC(=O)C(C)SC1=NC(=O)C2C(=N1)Sc1ccccc12. The van der Waals surface area contributed by atoms with E-state index >= 15 is 0 Å². The zero-order valence-corrected chi connectivity index (χ0v) is 13.0. The summed E-state index contributed by atoms with van der Waals surface area (Å²) < 4.78 is 4.66. The Hall–Kier alpha value is -1.60. The molecule has 1 aromatic rings. The number of carbonyl (C=O) groups excluding carboxylic acids is 2. The van der Waals surface area contributed by atoms with Gasteiger partial charge in [0.25, 0.3) is 5.91 Å². The van der Waals surface area contributed by atoms with Gasteiger partial charge in [-0.15, -0.1) is 0 Å². The molecule has 0 fully saturated rings. The van der Waals surface area contributed by atoms with Crippen molar-refractivity contribution >= 4 is 45.6 Å². The molecule has 1 aromatic carbocycles. The molecule has 0 saturated carbocycles. The molecule has 1 amide bonds. The average molecular weight is 320 g/mol. The molecule has 0 N–H and O–H groups in total. The number of amides is 1. The Labute approximate surface area is 130 Å². The lowest BCUT2D eigenvalue weighted by molar-refractivity contribution is -0.139. The maximum Gasteiger partial charge on any atom is 0.318 e. The number of nitrogens with zero attached hydrogens (tertiary/aromatic N) is 2. The van der Waals surface area contributed by atoms with Gasteiger partial charge >= 0.3 is 5.97 Å². The molecule has 5 nitrogen and oxygen atoms in total. The summed E-state index contributed by atoms with van der Waals surface area (Å²) in [5, 5.41) is 0.608. The molecule has 2 aliphatic rings. The van der Waals surface area contributed by atoms with Crippen LogP contribution in [0.3, 0.4) is 0 Å². The summed E-state index contributed by atoms with van der Waals surface area (Å²) in [7, 11) is 1.33. The molecule has 0 saturated heterocycles. The molecule has 0 aromatic heterocycles.